The highest BCUT2D eigenvalue weighted by Gasteiger charge is 2.23. The summed E-state index contributed by atoms with van der Waals surface area (Å²) in [5, 5.41) is 2.93. The number of rotatable bonds is 4. The van der Waals surface area contributed by atoms with Crippen LogP contribution in [-0.2, 0) is 9.59 Å². The van der Waals surface area contributed by atoms with E-state index in [0.29, 0.717) is 24.6 Å². The van der Waals surface area contributed by atoms with E-state index >= 15 is 0 Å². The molecule has 1 saturated heterocycles. The summed E-state index contributed by atoms with van der Waals surface area (Å²) in [6.07, 6.45) is 1.54. The van der Waals surface area contributed by atoms with Crippen LogP contribution in [0.3, 0.4) is 0 Å². The molecular formula is C13H24N2O2S. The van der Waals surface area contributed by atoms with Gasteiger partial charge >= 0.3 is 0 Å². The van der Waals surface area contributed by atoms with Crippen molar-refractivity contribution in [1.82, 2.24) is 10.2 Å². The first-order valence-corrected chi connectivity index (χ1v) is 7.41. The average Bonchev–Trinajstić information content (AvgIpc) is 2.27. The molecule has 0 aromatic rings. The van der Waals surface area contributed by atoms with Gasteiger partial charge in [0.2, 0.25) is 11.8 Å². The molecule has 4 nitrogen and oxygen atoms in total. The van der Waals surface area contributed by atoms with Crippen LogP contribution in [0, 0.1) is 5.92 Å². The number of piperidine rings is 1. The Bertz CT molecular complexity index is 313. The highest BCUT2D eigenvalue weighted by Crippen LogP contribution is 2.22. The highest BCUT2D eigenvalue weighted by atomic mass is 32.2. The van der Waals surface area contributed by atoms with Gasteiger partial charge in [-0.05, 0) is 12.3 Å². The molecule has 1 aliphatic heterocycles. The molecule has 18 heavy (non-hydrogen) atoms. The van der Waals surface area contributed by atoms with Gasteiger partial charge in [-0.1, -0.05) is 20.8 Å². The molecule has 0 radical (unpaired) electrons. The summed E-state index contributed by atoms with van der Waals surface area (Å²) in [4.78, 5) is 24.9. The molecule has 1 N–H and O–H groups in total. The van der Waals surface area contributed by atoms with E-state index < -0.39 is 0 Å². The zero-order valence-corrected chi connectivity index (χ0v) is 12.6. The van der Waals surface area contributed by atoms with E-state index in [0.717, 1.165) is 13.0 Å². The Labute approximate surface area is 114 Å². The normalized spacial score (nSPS) is 21.0. The van der Waals surface area contributed by atoms with Crippen molar-refractivity contribution in [2.45, 2.75) is 38.4 Å². The van der Waals surface area contributed by atoms with Crippen LogP contribution in [0.4, 0.5) is 0 Å². The van der Waals surface area contributed by atoms with Crippen LogP contribution in [0.2, 0.25) is 0 Å². The molecule has 2 amide bonds. The Hall–Kier alpha value is -0.710. The van der Waals surface area contributed by atoms with E-state index in [1.807, 2.05) is 7.05 Å². The molecule has 1 fully saturated rings. The molecule has 5 heteroatoms. The number of thioether (sulfide) groups is 1. The van der Waals surface area contributed by atoms with E-state index in [4.69, 9.17) is 0 Å². The molecule has 1 rings (SSSR count). The minimum atomic E-state index is 0.0707. The maximum Gasteiger partial charge on any atom is 0.230 e. The second-order valence-corrected chi connectivity index (χ2v) is 7.68. The van der Waals surface area contributed by atoms with E-state index in [9.17, 15) is 9.59 Å². The van der Waals surface area contributed by atoms with Crippen LogP contribution < -0.4 is 5.32 Å². The second kappa shape index (κ2) is 6.45. The minimum absolute atomic E-state index is 0.0707. The summed E-state index contributed by atoms with van der Waals surface area (Å²) in [6.45, 7) is 7.72. The highest BCUT2D eigenvalue weighted by molar-refractivity contribution is 8.01. The lowest BCUT2D eigenvalue weighted by Crippen LogP contribution is -2.40. The zero-order chi connectivity index (χ0) is 13.8. The fourth-order valence-electron chi connectivity index (χ4n) is 1.77. The lowest BCUT2D eigenvalue weighted by atomic mass is 9.96. The molecule has 0 aliphatic carbocycles. The molecule has 0 spiro atoms. The number of carbonyl (C=O) groups excluding carboxylic acids is 2. The topological polar surface area (TPSA) is 49.4 Å². The summed E-state index contributed by atoms with van der Waals surface area (Å²) in [7, 11) is 1.83. The number of nitrogens with one attached hydrogen (secondary N) is 1. The van der Waals surface area contributed by atoms with Crippen molar-refractivity contribution in [1.29, 1.82) is 0 Å². The van der Waals surface area contributed by atoms with Crippen molar-refractivity contribution in [2.24, 2.45) is 5.92 Å². The second-order valence-electron chi connectivity index (χ2n) is 5.88. The van der Waals surface area contributed by atoms with Crippen LogP contribution in [-0.4, -0.2) is 47.4 Å². The Balaban J connectivity index is 2.21. The third-order valence-electron chi connectivity index (χ3n) is 2.99. The number of likely N-dealkylation sites (tertiary alicyclic amines) is 1. The van der Waals surface area contributed by atoms with E-state index in [1.165, 1.54) is 0 Å². The van der Waals surface area contributed by atoms with E-state index in [1.54, 1.807) is 16.7 Å². The summed E-state index contributed by atoms with van der Waals surface area (Å²) in [5.41, 5.74) is 0. The standard InChI is InChI=1S/C13H24N2O2S/c1-13(2,3)18-9-11(16)14-8-10-5-6-15(4)12(17)7-10/h10H,5-9H2,1-4H3,(H,14,16)/t10-/m0/s1. The summed E-state index contributed by atoms with van der Waals surface area (Å²) >= 11 is 1.64. The molecule has 1 aliphatic rings. The van der Waals surface area contributed by atoms with E-state index in [2.05, 4.69) is 26.1 Å². The molecule has 0 saturated carbocycles. The SMILES string of the molecule is CN1CC[C@H](CNC(=O)CSC(C)(C)C)CC1=O. The molecule has 1 atom stereocenters. The Morgan fingerprint density at radius 2 is 2.17 bits per heavy atom. The fraction of sp³-hybridized carbons (Fsp3) is 0.846. The van der Waals surface area contributed by atoms with Crippen LogP contribution >= 0.6 is 11.8 Å². The third kappa shape index (κ3) is 5.76. The predicted molar refractivity (Wildman–Crippen MR) is 75.6 cm³/mol. The molecule has 104 valence electrons. The van der Waals surface area contributed by atoms with Crippen molar-refractivity contribution in [2.75, 3.05) is 25.9 Å². The minimum Gasteiger partial charge on any atom is -0.355 e. The molecule has 0 bridgehead atoms. The quantitative estimate of drug-likeness (QED) is 0.844. The smallest absolute Gasteiger partial charge is 0.230 e. The van der Waals surface area contributed by atoms with Gasteiger partial charge in [0.25, 0.3) is 0 Å². The molecule has 0 unspecified atom stereocenters. The van der Waals surface area contributed by atoms with Crippen LogP contribution in [0.15, 0.2) is 0 Å². The number of amides is 2. The first-order chi connectivity index (χ1) is 8.28. The molecule has 1 heterocycles. The fourth-order valence-corrected chi connectivity index (χ4v) is 2.44. The zero-order valence-electron chi connectivity index (χ0n) is 11.8. The van der Waals surface area contributed by atoms with Crippen LogP contribution in [0.5, 0.6) is 0 Å². The number of hydrogen-bond acceptors (Lipinski definition) is 3. The van der Waals surface area contributed by atoms with Crippen LogP contribution in [0.1, 0.15) is 33.6 Å². The average molecular weight is 272 g/mol. The van der Waals surface area contributed by atoms with Crippen molar-refractivity contribution < 1.29 is 9.59 Å². The van der Waals surface area contributed by atoms with Gasteiger partial charge < -0.3 is 10.2 Å². The number of nitrogens with zero attached hydrogens (tertiary/aromatic N) is 1. The van der Waals surface area contributed by atoms with Crippen LogP contribution in [0.25, 0.3) is 0 Å². The largest absolute Gasteiger partial charge is 0.355 e. The van der Waals surface area contributed by atoms with Gasteiger partial charge in [-0.2, -0.15) is 0 Å². The van der Waals surface area contributed by atoms with Crippen molar-refractivity contribution in [3.05, 3.63) is 0 Å². The molecule has 0 aromatic carbocycles. The molecule has 0 aromatic heterocycles. The van der Waals surface area contributed by atoms with Gasteiger partial charge in [-0.25, -0.2) is 0 Å². The van der Waals surface area contributed by atoms with Crippen molar-refractivity contribution in [3.8, 4) is 0 Å². The maximum atomic E-state index is 11.7. The van der Waals surface area contributed by atoms with Gasteiger partial charge in [0.15, 0.2) is 0 Å². The first-order valence-electron chi connectivity index (χ1n) is 6.42. The molecular weight excluding hydrogens is 248 g/mol. The third-order valence-corrected chi connectivity index (χ3v) is 4.26. The predicted octanol–water partition coefficient (Wildman–Crippen LogP) is 1.50. The van der Waals surface area contributed by atoms with Crippen molar-refractivity contribution >= 4 is 23.6 Å². The summed E-state index contributed by atoms with van der Waals surface area (Å²) < 4.78 is 0.112. The lowest BCUT2D eigenvalue weighted by Gasteiger charge is -2.28. The number of carbonyl (C=O) groups is 2. The van der Waals surface area contributed by atoms with Gasteiger partial charge in [-0.3, -0.25) is 9.59 Å². The van der Waals surface area contributed by atoms with Gasteiger partial charge in [0.05, 0.1) is 5.75 Å². The summed E-state index contributed by atoms with van der Waals surface area (Å²) in [6, 6.07) is 0. The number of hydrogen-bond donors (Lipinski definition) is 1. The Morgan fingerprint density at radius 3 is 2.72 bits per heavy atom. The van der Waals surface area contributed by atoms with E-state index in [-0.39, 0.29) is 16.6 Å². The monoisotopic (exact) mass is 272 g/mol. The lowest BCUT2D eigenvalue weighted by molar-refractivity contribution is -0.133. The van der Waals surface area contributed by atoms with Crippen molar-refractivity contribution in [3.63, 3.8) is 0 Å². The van der Waals surface area contributed by atoms with Gasteiger partial charge in [-0.15, -0.1) is 11.8 Å². The van der Waals surface area contributed by atoms with Gasteiger partial charge in [0.1, 0.15) is 0 Å². The summed E-state index contributed by atoms with van der Waals surface area (Å²) in [5.74, 6) is 1.05. The maximum absolute atomic E-state index is 11.7. The first kappa shape index (κ1) is 15.3. The Kier molecular flexibility index (Phi) is 5.50. The van der Waals surface area contributed by atoms with Gasteiger partial charge in [0, 0.05) is 31.3 Å². The Morgan fingerprint density at radius 1 is 1.50 bits per heavy atom.